The summed E-state index contributed by atoms with van der Waals surface area (Å²) in [6.45, 7) is 2.16. The molecule has 3 aromatic rings. The summed E-state index contributed by atoms with van der Waals surface area (Å²) >= 11 is 1.77. The third-order valence-electron chi connectivity index (χ3n) is 4.87. The monoisotopic (exact) mass is 364 g/mol. The van der Waals surface area contributed by atoms with Crippen LogP contribution >= 0.6 is 11.3 Å². The molecule has 4 rings (SSSR count). The van der Waals surface area contributed by atoms with Crippen LogP contribution in [0.5, 0.6) is 0 Å². The van der Waals surface area contributed by atoms with Gasteiger partial charge >= 0.3 is 0 Å². The van der Waals surface area contributed by atoms with E-state index >= 15 is 0 Å². The average molecular weight is 364 g/mol. The predicted octanol–water partition coefficient (Wildman–Crippen LogP) is 5.98. The zero-order chi connectivity index (χ0) is 17.9. The molecule has 2 aromatic carbocycles. The minimum atomic E-state index is -0.346. The molecule has 4 nitrogen and oxygen atoms in total. The van der Waals surface area contributed by atoms with Crippen molar-refractivity contribution in [3.8, 4) is 22.3 Å². The number of nitro groups is 1. The van der Waals surface area contributed by atoms with Gasteiger partial charge in [-0.3, -0.25) is 10.1 Å². The summed E-state index contributed by atoms with van der Waals surface area (Å²) in [5, 5.41) is 14.5. The summed E-state index contributed by atoms with van der Waals surface area (Å²) in [5.41, 5.74) is 4.74. The van der Waals surface area contributed by atoms with Crippen LogP contribution in [0.2, 0.25) is 0 Å². The van der Waals surface area contributed by atoms with Crippen molar-refractivity contribution in [2.45, 2.75) is 19.3 Å². The highest BCUT2D eigenvalue weighted by molar-refractivity contribution is 7.15. The Morgan fingerprint density at radius 3 is 2.23 bits per heavy atom. The molecule has 0 N–H and O–H groups in total. The van der Waals surface area contributed by atoms with Gasteiger partial charge in [0.1, 0.15) is 0 Å². The molecule has 1 aliphatic heterocycles. The third-order valence-corrected chi connectivity index (χ3v) is 5.91. The number of piperidine rings is 1. The lowest BCUT2D eigenvalue weighted by molar-refractivity contribution is -0.384. The zero-order valence-electron chi connectivity index (χ0n) is 14.4. The summed E-state index contributed by atoms with van der Waals surface area (Å²) < 4.78 is 0. The SMILES string of the molecule is O=[N+]([O-])c1ccc(-c2c(-c3ccccc3)csc2N2CCCCC2)cc1. The summed E-state index contributed by atoms with van der Waals surface area (Å²) in [5.74, 6) is 0. The molecule has 0 spiro atoms. The first-order valence-corrected chi connectivity index (χ1v) is 9.79. The van der Waals surface area contributed by atoms with Crippen molar-refractivity contribution in [3.05, 3.63) is 70.1 Å². The van der Waals surface area contributed by atoms with Gasteiger partial charge in [-0.25, -0.2) is 0 Å². The summed E-state index contributed by atoms with van der Waals surface area (Å²) in [6.07, 6.45) is 3.73. The van der Waals surface area contributed by atoms with Gasteiger partial charge in [-0.2, -0.15) is 0 Å². The fourth-order valence-electron chi connectivity index (χ4n) is 3.54. The van der Waals surface area contributed by atoms with Crippen LogP contribution in [-0.2, 0) is 0 Å². The molecule has 26 heavy (non-hydrogen) atoms. The molecule has 0 atom stereocenters. The van der Waals surface area contributed by atoms with Gasteiger partial charge in [0.15, 0.2) is 0 Å². The molecule has 5 heteroatoms. The lowest BCUT2D eigenvalue weighted by Gasteiger charge is -2.28. The molecule has 132 valence electrons. The highest BCUT2D eigenvalue weighted by Crippen LogP contribution is 2.45. The molecule has 0 unspecified atom stereocenters. The first-order valence-electron chi connectivity index (χ1n) is 8.91. The van der Waals surface area contributed by atoms with E-state index in [-0.39, 0.29) is 10.6 Å². The van der Waals surface area contributed by atoms with Crippen molar-refractivity contribution in [1.82, 2.24) is 0 Å². The fourth-order valence-corrected chi connectivity index (χ4v) is 4.70. The zero-order valence-corrected chi connectivity index (χ0v) is 15.2. The van der Waals surface area contributed by atoms with Gasteiger partial charge in [0.25, 0.3) is 5.69 Å². The van der Waals surface area contributed by atoms with E-state index in [2.05, 4.69) is 22.4 Å². The molecule has 0 bridgehead atoms. The predicted molar refractivity (Wildman–Crippen MR) is 108 cm³/mol. The van der Waals surface area contributed by atoms with Crippen LogP contribution in [0.15, 0.2) is 60.0 Å². The van der Waals surface area contributed by atoms with E-state index in [0.717, 1.165) is 18.7 Å². The van der Waals surface area contributed by atoms with Gasteiger partial charge in [-0.1, -0.05) is 30.3 Å². The first-order chi connectivity index (χ1) is 12.7. The lowest BCUT2D eigenvalue weighted by Crippen LogP contribution is -2.28. The number of thiophene rings is 1. The van der Waals surface area contributed by atoms with E-state index in [1.54, 1.807) is 23.5 Å². The van der Waals surface area contributed by atoms with E-state index in [4.69, 9.17) is 0 Å². The van der Waals surface area contributed by atoms with Gasteiger partial charge < -0.3 is 4.90 Å². The molecule has 1 aromatic heterocycles. The van der Waals surface area contributed by atoms with E-state index in [0.29, 0.717) is 0 Å². The largest absolute Gasteiger partial charge is 0.363 e. The van der Waals surface area contributed by atoms with Gasteiger partial charge in [-0.05, 0) is 42.5 Å². The minimum Gasteiger partial charge on any atom is -0.363 e. The molecular formula is C21H20N2O2S. The number of hydrogen-bond donors (Lipinski definition) is 0. The standard InChI is InChI=1S/C21H20N2O2S/c24-23(25)18-11-9-17(10-12-18)20-19(16-7-3-1-4-8-16)15-26-21(20)22-13-5-2-6-14-22/h1,3-4,7-12,15H,2,5-6,13-14H2. The van der Waals surface area contributed by atoms with E-state index in [1.165, 1.54) is 41.0 Å². The Labute approximate surface area is 156 Å². The molecule has 1 fully saturated rings. The molecule has 2 heterocycles. The summed E-state index contributed by atoms with van der Waals surface area (Å²) in [7, 11) is 0. The van der Waals surface area contributed by atoms with E-state index in [9.17, 15) is 10.1 Å². The Bertz CT molecular complexity index is 898. The van der Waals surface area contributed by atoms with Crippen molar-refractivity contribution in [3.63, 3.8) is 0 Å². The van der Waals surface area contributed by atoms with Crippen LogP contribution in [-0.4, -0.2) is 18.0 Å². The number of non-ortho nitro benzene ring substituents is 1. The Morgan fingerprint density at radius 2 is 1.58 bits per heavy atom. The minimum absolute atomic E-state index is 0.129. The normalized spacial score (nSPS) is 14.4. The van der Waals surface area contributed by atoms with Crippen LogP contribution in [0.4, 0.5) is 10.7 Å². The smallest absolute Gasteiger partial charge is 0.269 e. The van der Waals surface area contributed by atoms with E-state index < -0.39 is 0 Å². The maximum atomic E-state index is 11.0. The molecular weight excluding hydrogens is 344 g/mol. The molecule has 1 saturated heterocycles. The fraction of sp³-hybridized carbons (Fsp3) is 0.238. The number of benzene rings is 2. The highest BCUT2D eigenvalue weighted by atomic mass is 32.1. The van der Waals surface area contributed by atoms with Crippen molar-refractivity contribution in [2.75, 3.05) is 18.0 Å². The molecule has 1 aliphatic rings. The van der Waals surface area contributed by atoms with Crippen molar-refractivity contribution in [2.24, 2.45) is 0 Å². The van der Waals surface area contributed by atoms with Gasteiger partial charge in [0.2, 0.25) is 0 Å². The van der Waals surface area contributed by atoms with Crippen molar-refractivity contribution < 1.29 is 4.92 Å². The Hall–Kier alpha value is -2.66. The second-order valence-corrected chi connectivity index (χ2v) is 7.41. The molecule has 0 saturated carbocycles. The first kappa shape index (κ1) is 16.8. The molecule has 0 amide bonds. The van der Waals surface area contributed by atoms with Gasteiger partial charge in [0.05, 0.1) is 9.92 Å². The number of nitrogens with zero attached hydrogens (tertiary/aromatic N) is 2. The van der Waals surface area contributed by atoms with Crippen LogP contribution in [0.3, 0.4) is 0 Å². The summed E-state index contributed by atoms with van der Waals surface area (Å²) in [4.78, 5) is 13.1. The van der Waals surface area contributed by atoms with Crippen molar-refractivity contribution in [1.29, 1.82) is 0 Å². The molecule has 0 aliphatic carbocycles. The number of nitro benzene ring substituents is 1. The number of anilines is 1. The van der Waals surface area contributed by atoms with Gasteiger partial charge in [-0.15, -0.1) is 11.3 Å². The van der Waals surface area contributed by atoms with Crippen LogP contribution in [0, 0.1) is 10.1 Å². The average Bonchev–Trinajstić information content (AvgIpc) is 3.14. The van der Waals surface area contributed by atoms with Crippen molar-refractivity contribution >= 4 is 22.0 Å². The van der Waals surface area contributed by atoms with Crippen LogP contribution in [0.1, 0.15) is 19.3 Å². The Balaban J connectivity index is 1.83. The maximum Gasteiger partial charge on any atom is 0.269 e. The lowest BCUT2D eigenvalue weighted by atomic mass is 9.97. The highest BCUT2D eigenvalue weighted by Gasteiger charge is 2.21. The van der Waals surface area contributed by atoms with Gasteiger partial charge in [0, 0.05) is 41.7 Å². The second kappa shape index (κ2) is 7.30. The Kier molecular flexibility index (Phi) is 4.71. The topological polar surface area (TPSA) is 46.4 Å². The number of hydrogen-bond acceptors (Lipinski definition) is 4. The number of rotatable bonds is 4. The quantitative estimate of drug-likeness (QED) is 0.422. The molecule has 0 radical (unpaired) electrons. The van der Waals surface area contributed by atoms with E-state index in [1.807, 2.05) is 30.3 Å². The third kappa shape index (κ3) is 3.22. The van der Waals surface area contributed by atoms with Crippen LogP contribution in [0.25, 0.3) is 22.3 Å². The summed E-state index contributed by atoms with van der Waals surface area (Å²) in [6, 6.07) is 17.3. The maximum absolute atomic E-state index is 11.0. The second-order valence-electron chi connectivity index (χ2n) is 6.55. The Morgan fingerprint density at radius 1 is 0.885 bits per heavy atom. The van der Waals surface area contributed by atoms with Crippen LogP contribution < -0.4 is 4.90 Å².